The molecule has 1 aromatic heterocycles. The number of carbonyl (C=O) groups is 1. The summed E-state index contributed by atoms with van der Waals surface area (Å²) in [5.41, 5.74) is 1.52. The standard InChI is InChI=1S/C14H10O2S/c1-9-6-7-10(17-9)8-12-11-4-2-3-5-13(11)16-14(12)15/h2-8H,1H3/b12-8+. The number of carbonyl (C=O) groups excluding carboxylic acids is 1. The van der Waals surface area contributed by atoms with Crippen LogP contribution in [-0.2, 0) is 4.79 Å². The van der Waals surface area contributed by atoms with E-state index in [1.54, 1.807) is 11.3 Å². The Hall–Kier alpha value is -1.87. The number of hydrogen-bond donors (Lipinski definition) is 0. The van der Waals surface area contributed by atoms with Crippen LogP contribution in [0.25, 0.3) is 11.6 Å². The summed E-state index contributed by atoms with van der Waals surface area (Å²) in [4.78, 5) is 14.1. The molecule has 3 heteroatoms. The third-order valence-electron chi connectivity index (χ3n) is 2.65. The van der Waals surface area contributed by atoms with Crippen LogP contribution < -0.4 is 4.74 Å². The largest absolute Gasteiger partial charge is 0.422 e. The number of thiophene rings is 1. The number of fused-ring (bicyclic) bond motifs is 1. The topological polar surface area (TPSA) is 26.3 Å². The maximum absolute atomic E-state index is 11.8. The highest BCUT2D eigenvalue weighted by Gasteiger charge is 2.26. The molecule has 84 valence electrons. The number of para-hydroxylation sites is 1. The van der Waals surface area contributed by atoms with Gasteiger partial charge in [0.15, 0.2) is 0 Å². The van der Waals surface area contributed by atoms with Crippen LogP contribution in [-0.4, -0.2) is 5.97 Å². The summed E-state index contributed by atoms with van der Waals surface area (Å²) in [7, 11) is 0. The van der Waals surface area contributed by atoms with E-state index in [4.69, 9.17) is 4.74 Å². The Balaban J connectivity index is 2.09. The van der Waals surface area contributed by atoms with Crippen LogP contribution in [0.15, 0.2) is 36.4 Å². The van der Waals surface area contributed by atoms with Crippen molar-refractivity contribution >= 4 is 29.0 Å². The molecule has 0 radical (unpaired) electrons. The van der Waals surface area contributed by atoms with Gasteiger partial charge in [-0.2, -0.15) is 0 Å². The summed E-state index contributed by atoms with van der Waals surface area (Å²) in [5.74, 6) is 0.384. The van der Waals surface area contributed by atoms with Crippen LogP contribution in [0.1, 0.15) is 15.3 Å². The lowest BCUT2D eigenvalue weighted by Crippen LogP contribution is -1.99. The molecule has 0 atom stereocenters. The first-order valence-corrected chi connectivity index (χ1v) is 6.15. The summed E-state index contributed by atoms with van der Waals surface area (Å²) < 4.78 is 5.20. The van der Waals surface area contributed by atoms with Crippen LogP contribution in [0.4, 0.5) is 0 Å². The van der Waals surface area contributed by atoms with E-state index in [0.29, 0.717) is 11.3 Å². The van der Waals surface area contributed by atoms with Gasteiger partial charge in [-0.25, -0.2) is 4.79 Å². The fourth-order valence-electron chi connectivity index (χ4n) is 1.85. The van der Waals surface area contributed by atoms with Crippen molar-refractivity contribution in [2.24, 2.45) is 0 Å². The molecule has 17 heavy (non-hydrogen) atoms. The molecule has 0 amide bonds. The molecule has 3 rings (SSSR count). The Morgan fingerprint density at radius 3 is 2.76 bits per heavy atom. The number of benzene rings is 1. The average molecular weight is 242 g/mol. The van der Waals surface area contributed by atoms with Gasteiger partial charge in [0.25, 0.3) is 0 Å². The first kappa shape index (κ1) is 10.3. The molecule has 0 unspecified atom stereocenters. The second-order valence-corrected chi connectivity index (χ2v) is 5.21. The number of ether oxygens (including phenoxy) is 1. The van der Waals surface area contributed by atoms with E-state index >= 15 is 0 Å². The second-order valence-electron chi connectivity index (χ2n) is 3.89. The van der Waals surface area contributed by atoms with Gasteiger partial charge < -0.3 is 4.74 Å². The summed E-state index contributed by atoms with van der Waals surface area (Å²) >= 11 is 1.67. The maximum Gasteiger partial charge on any atom is 0.344 e. The van der Waals surface area contributed by atoms with E-state index in [2.05, 4.69) is 0 Å². The molecule has 2 nitrogen and oxygen atoms in total. The molecule has 0 saturated heterocycles. The van der Waals surface area contributed by atoms with Gasteiger partial charge in [-0.15, -0.1) is 11.3 Å². The number of aryl methyl sites for hydroxylation is 1. The van der Waals surface area contributed by atoms with Crippen LogP contribution in [0, 0.1) is 6.92 Å². The third kappa shape index (κ3) is 1.78. The van der Waals surface area contributed by atoms with Gasteiger partial charge in [-0.05, 0) is 31.2 Å². The second kappa shape index (κ2) is 3.86. The van der Waals surface area contributed by atoms with Gasteiger partial charge >= 0.3 is 5.97 Å². The fourth-order valence-corrected chi connectivity index (χ4v) is 2.67. The molecule has 2 heterocycles. The molecule has 1 aliphatic rings. The van der Waals surface area contributed by atoms with Crippen LogP contribution in [0.2, 0.25) is 0 Å². The van der Waals surface area contributed by atoms with Gasteiger partial charge in [0.2, 0.25) is 0 Å². The predicted molar refractivity (Wildman–Crippen MR) is 69.0 cm³/mol. The van der Waals surface area contributed by atoms with Gasteiger partial charge in [-0.3, -0.25) is 0 Å². The van der Waals surface area contributed by atoms with Crippen molar-refractivity contribution < 1.29 is 9.53 Å². The summed E-state index contributed by atoms with van der Waals surface area (Å²) in [6.07, 6.45) is 1.89. The Morgan fingerprint density at radius 1 is 1.18 bits per heavy atom. The SMILES string of the molecule is Cc1ccc(/C=C2/C(=O)Oc3ccccc32)s1. The zero-order valence-corrected chi connectivity index (χ0v) is 10.1. The zero-order chi connectivity index (χ0) is 11.8. The highest BCUT2D eigenvalue weighted by atomic mass is 32.1. The summed E-state index contributed by atoms with van der Waals surface area (Å²) in [6.45, 7) is 2.05. The smallest absolute Gasteiger partial charge is 0.344 e. The van der Waals surface area contributed by atoms with Crippen molar-refractivity contribution in [2.45, 2.75) is 6.92 Å². The molecule has 1 aromatic carbocycles. The third-order valence-corrected chi connectivity index (χ3v) is 3.60. The molecule has 0 saturated carbocycles. The monoisotopic (exact) mass is 242 g/mol. The van der Waals surface area contributed by atoms with E-state index in [0.717, 1.165) is 10.4 Å². The average Bonchev–Trinajstić information content (AvgIpc) is 2.85. The Bertz CT molecular complexity index is 623. The maximum atomic E-state index is 11.8. The van der Waals surface area contributed by atoms with E-state index in [9.17, 15) is 4.79 Å². The lowest BCUT2D eigenvalue weighted by atomic mass is 10.1. The molecule has 0 N–H and O–H groups in total. The highest BCUT2D eigenvalue weighted by Crippen LogP contribution is 2.35. The number of hydrogen-bond acceptors (Lipinski definition) is 3. The van der Waals surface area contributed by atoms with Gasteiger partial charge in [-0.1, -0.05) is 18.2 Å². The Kier molecular flexibility index (Phi) is 2.34. The lowest BCUT2D eigenvalue weighted by molar-refractivity contribution is -0.126. The number of esters is 1. The van der Waals surface area contributed by atoms with Crippen molar-refractivity contribution in [3.8, 4) is 5.75 Å². The highest BCUT2D eigenvalue weighted by molar-refractivity contribution is 7.12. The van der Waals surface area contributed by atoms with Crippen molar-refractivity contribution in [1.29, 1.82) is 0 Å². The summed E-state index contributed by atoms with van der Waals surface area (Å²) in [6, 6.07) is 11.6. The van der Waals surface area contributed by atoms with Crippen LogP contribution in [0.5, 0.6) is 5.75 Å². The molecule has 1 aliphatic heterocycles. The first-order chi connectivity index (χ1) is 8.24. The molecular weight excluding hydrogens is 232 g/mol. The van der Waals surface area contributed by atoms with E-state index < -0.39 is 0 Å². The van der Waals surface area contributed by atoms with Crippen molar-refractivity contribution in [3.63, 3.8) is 0 Å². The minimum atomic E-state index is -0.266. The van der Waals surface area contributed by atoms with Crippen molar-refractivity contribution in [3.05, 3.63) is 51.7 Å². The van der Waals surface area contributed by atoms with Crippen LogP contribution >= 0.6 is 11.3 Å². The molecule has 0 fully saturated rings. The van der Waals surface area contributed by atoms with Gasteiger partial charge in [0, 0.05) is 15.3 Å². The van der Waals surface area contributed by atoms with Gasteiger partial charge in [0.1, 0.15) is 5.75 Å². The van der Waals surface area contributed by atoms with E-state index in [1.807, 2.05) is 49.4 Å². The minimum absolute atomic E-state index is 0.266. The summed E-state index contributed by atoms with van der Waals surface area (Å²) in [5, 5.41) is 0. The van der Waals surface area contributed by atoms with Crippen molar-refractivity contribution in [2.75, 3.05) is 0 Å². The van der Waals surface area contributed by atoms with Crippen molar-refractivity contribution in [1.82, 2.24) is 0 Å². The predicted octanol–water partition coefficient (Wildman–Crippen LogP) is 3.52. The van der Waals surface area contributed by atoms with Gasteiger partial charge in [0.05, 0.1) is 5.57 Å². The van der Waals surface area contributed by atoms with Crippen LogP contribution in [0.3, 0.4) is 0 Å². The van der Waals surface area contributed by atoms with E-state index in [-0.39, 0.29) is 5.97 Å². The van der Waals surface area contributed by atoms with E-state index in [1.165, 1.54) is 4.88 Å². The zero-order valence-electron chi connectivity index (χ0n) is 9.27. The minimum Gasteiger partial charge on any atom is -0.422 e. The molecule has 0 spiro atoms. The Morgan fingerprint density at radius 2 is 2.00 bits per heavy atom. The lowest BCUT2D eigenvalue weighted by Gasteiger charge is -1.93. The quantitative estimate of drug-likeness (QED) is 0.434. The fraction of sp³-hybridized carbons (Fsp3) is 0.0714. The molecular formula is C14H10O2S. The molecule has 0 bridgehead atoms. The first-order valence-electron chi connectivity index (χ1n) is 5.34. The molecule has 2 aromatic rings. The number of rotatable bonds is 1. The normalized spacial score (nSPS) is 16.1. The molecule has 0 aliphatic carbocycles. The Labute approximate surface area is 103 Å².